The summed E-state index contributed by atoms with van der Waals surface area (Å²) in [7, 11) is 1.92. The second-order valence-electron chi connectivity index (χ2n) is 4.91. The second-order valence-corrected chi connectivity index (χ2v) is 4.91. The molecule has 2 heterocycles. The van der Waals surface area contributed by atoms with E-state index in [-0.39, 0.29) is 0 Å². The summed E-state index contributed by atoms with van der Waals surface area (Å²) in [4.78, 5) is 4.43. The molecule has 0 amide bonds. The highest BCUT2D eigenvalue weighted by Crippen LogP contribution is 2.29. The van der Waals surface area contributed by atoms with E-state index in [1.807, 2.05) is 37.4 Å². The lowest BCUT2D eigenvalue weighted by atomic mass is 10.1. The number of nitrogens with one attached hydrogen (secondary N) is 1. The summed E-state index contributed by atoms with van der Waals surface area (Å²) < 4.78 is 11.0. The van der Waals surface area contributed by atoms with Crippen molar-refractivity contribution in [3.05, 3.63) is 41.5 Å². The Morgan fingerprint density at radius 2 is 2.20 bits per heavy atom. The summed E-state index contributed by atoms with van der Waals surface area (Å²) in [5.74, 6) is 2.14. The Kier molecular flexibility index (Phi) is 3.52. The lowest BCUT2D eigenvalue weighted by molar-refractivity contribution is 0.350. The lowest BCUT2D eigenvalue weighted by Gasteiger charge is -2.15. The number of benzene rings is 1. The summed E-state index contributed by atoms with van der Waals surface area (Å²) in [5, 5.41) is 7.17. The highest BCUT2D eigenvalue weighted by atomic mass is 16.5. The Hall–Kier alpha value is -2.14. The van der Waals surface area contributed by atoms with E-state index in [4.69, 9.17) is 9.26 Å². The molecule has 0 saturated heterocycles. The predicted octanol–water partition coefficient (Wildman–Crippen LogP) is 2.15. The van der Waals surface area contributed by atoms with Gasteiger partial charge in [-0.25, -0.2) is 0 Å². The van der Waals surface area contributed by atoms with E-state index in [9.17, 15) is 0 Å². The van der Waals surface area contributed by atoms with Gasteiger partial charge in [0.1, 0.15) is 12.4 Å². The number of likely N-dealkylation sites (N-methyl/N-ethyl adjacent to an activating group) is 1. The number of ether oxygens (including phenoxy) is 1. The summed E-state index contributed by atoms with van der Waals surface area (Å²) in [5.41, 5.74) is 1.96. The number of para-hydroxylation sites is 1. The number of hydrogen-bond acceptors (Lipinski definition) is 5. The zero-order valence-corrected chi connectivity index (χ0v) is 11.6. The van der Waals surface area contributed by atoms with Crippen LogP contribution < -0.4 is 10.1 Å². The minimum atomic E-state index is 0.317. The average Bonchev–Trinajstić information content (AvgIpc) is 2.95. The van der Waals surface area contributed by atoms with Gasteiger partial charge in [0.05, 0.1) is 5.57 Å². The van der Waals surface area contributed by atoms with Gasteiger partial charge in [-0.05, 0) is 26.1 Å². The van der Waals surface area contributed by atoms with Crippen LogP contribution >= 0.6 is 0 Å². The molecule has 104 valence electrons. The predicted molar refractivity (Wildman–Crippen MR) is 76.3 cm³/mol. The molecule has 20 heavy (non-hydrogen) atoms. The largest absolute Gasteiger partial charge is 0.488 e. The number of aromatic nitrogens is 2. The van der Waals surface area contributed by atoms with Crippen LogP contribution in [0.1, 0.15) is 24.2 Å². The van der Waals surface area contributed by atoms with Crippen LogP contribution in [-0.2, 0) is 6.42 Å². The molecule has 0 spiro atoms. The molecular weight excluding hydrogens is 254 g/mol. The maximum Gasteiger partial charge on any atom is 0.257 e. The maximum absolute atomic E-state index is 5.69. The minimum absolute atomic E-state index is 0.317. The summed E-state index contributed by atoms with van der Waals surface area (Å²) >= 11 is 0. The fourth-order valence-electron chi connectivity index (χ4n) is 2.08. The van der Waals surface area contributed by atoms with Crippen LogP contribution in [0.3, 0.4) is 0 Å². The van der Waals surface area contributed by atoms with Gasteiger partial charge in [-0.1, -0.05) is 23.4 Å². The lowest BCUT2D eigenvalue weighted by Crippen LogP contribution is -2.24. The monoisotopic (exact) mass is 271 g/mol. The van der Waals surface area contributed by atoms with Crippen LogP contribution in [0.15, 0.2) is 28.8 Å². The van der Waals surface area contributed by atoms with Crippen molar-refractivity contribution in [2.75, 3.05) is 13.7 Å². The van der Waals surface area contributed by atoms with E-state index >= 15 is 0 Å². The Labute approximate surface area is 117 Å². The van der Waals surface area contributed by atoms with Crippen molar-refractivity contribution in [3.63, 3.8) is 0 Å². The van der Waals surface area contributed by atoms with Gasteiger partial charge in [-0.2, -0.15) is 4.98 Å². The topological polar surface area (TPSA) is 60.2 Å². The quantitative estimate of drug-likeness (QED) is 0.923. The average molecular weight is 271 g/mol. The van der Waals surface area contributed by atoms with E-state index in [0.717, 1.165) is 23.3 Å². The van der Waals surface area contributed by atoms with Crippen LogP contribution in [-0.4, -0.2) is 29.8 Å². The van der Waals surface area contributed by atoms with E-state index in [1.165, 1.54) is 0 Å². The molecule has 1 aromatic carbocycles. The van der Waals surface area contributed by atoms with Gasteiger partial charge in [0.15, 0.2) is 5.82 Å². The molecule has 2 aromatic rings. The zero-order valence-electron chi connectivity index (χ0n) is 11.6. The van der Waals surface area contributed by atoms with Crippen molar-refractivity contribution in [1.82, 2.24) is 15.5 Å². The molecule has 1 aromatic heterocycles. The maximum atomic E-state index is 5.69. The van der Waals surface area contributed by atoms with Gasteiger partial charge in [-0.3, -0.25) is 0 Å². The van der Waals surface area contributed by atoms with Crippen molar-refractivity contribution < 1.29 is 9.26 Å². The van der Waals surface area contributed by atoms with E-state index < -0.39 is 0 Å². The van der Waals surface area contributed by atoms with Gasteiger partial charge < -0.3 is 14.6 Å². The molecule has 0 saturated carbocycles. The van der Waals surface area contributed by atoms with Crippen LogP contribution in [0.25, 0.3) is 11.6 Å². The molecule has 0 fully saturated rings. The second kappa shape index (κ2) is 5.46. The van der Waals surface area contributed by atoms with Gasteiger partial charge in [-0.15, -0.1) is 0 Å². The Morgan fingerprint density at radius 1 is 1.35 bits per heavy atom. The first-order valence-electron chi connectivity index (χ1n) is 6.69. The summed E-state index contributed by atoms with van der Waals surface area (Å²) in [6.45, 7) is 2.54. The first kappa shape index (κ1) is 12.9. The van der Waals surface area contributed by atoms with Crippen LogP contribution in [0.5, 0.6) is 5.75 Å². The Bertz CT molecular complexity index is 634. The molecule has 0 radical (unpaired) electrons. The third-order valence-electron chi connectivity index (χ3n) is 3.36. The number of nitrogens with zero attached hydrogens (tertiary/aromatic N) is 2. The van der Waals surface area contributed by atoms with Crippen LogP contribution in [0, 0.1) is 0 Å². The summed E-state index contributed by atoms with van der Waals surface area (Å²) in [6.07, 6.45) is 2.78. The Morgan fingerprint density at radius 3 is 3.05 bits per heavy atom. The zero-order chi connectivity index (χ0) is 13.9. The molecule has 0 aliphatic carbocycles. The van der Waals surface area contributed by atoms with Crippen molar-refractivity contribution >= 4 is 11.6 Å². The fraction of sp³-hybridized carbons (Fsp3) is 0.333. The Balaban J connectivity index is 1.82. The van der Waals surface area contributed by atoms with Crippen molar-refractivity contribution in [1.29, 1.82) is 0 Å². The molecule has 1 atom stereocenters. The van der Waals surface area contributed by atoms with Gasteiger partial charge in [0.2, 0.25) is 0 Å². The molecule has 1 aliphatic heterocycles. The first-order chi connectivity index (χ1) is 9.76. The van der Waals surface area contributed by atoms with Crippen molar-refractivity contribution in [2.45, 2.75) is 19.4 Å². The molecular formula is C15H17N3O2. The van der Waals surface area contributed by atoms with Crippen molar-refractivity contribution in [2.24, 2.45) is 0 Å². The smallest absolute Gasteiger partial charge is 0.257 e. The number of hydrogen-bond donors (Lipinski definition) is 1. The van der Waals surface area contributed by atoms with Crippen LogP contribution in [0.4, 0.5) is 0 Å². The molecule has 3 rings (SSSR count). The molecule has 0 bridgehead atoms. The standard InChI is InChI=1S/C15H17N3O2/c1-10(16-2)7-14-17-15(20-18-14)12-8-11-5-3-4-6-13(11)19-9-12/h3-6,8,10,16H,7,9H2,1-2H3. The number of rotatable bonds is 4. The fourth-order valence-corrected chi connectivity index (χ4v) is 2.08. The molecule has 5 nitrogen and oxygen atoms in total. The molecule has 1 aliphatic rings. The van der Waals surface area contributed by atoms with E-state index in [0.29, 0.717) is 24.4 Å². The number of fused-ring (bicyclic) bond motifs is 1. The molecule has 1 unspecified atom stereocenters. The van der Waals surface area contributed by atoms with Gasteiger partial charge in [0.25, 0.3) is 5.89 Å². The van der Waals surface area contributed by atoms with Crippen molar-refractivity contribution in [3.8, 4) is 5.75 Å². The molecule has 5 heteroatoms. The first-order valence-corrected chi connectivity index (χ1v) is 6.69. The SMILES string of the molecule is CNC(C)Cc1noc(C2=Cc3ccccc3OC2)n1. The van der Waals surface area contributed by atoms with Gasteiger partial charge >= 0.3 is 0 Å². The molecule has 1 N–H and O–H groups in total. The highest BCUT2D eigenvalue weighted by molar-refractivity contribution is 5.82. The van der Waals surface area contributed by atoms with E-state index in [2.05, 4.69) is 22.4 Å². The minimum Gasteiger partial charge on any atom is -0.488 e. The van der Waals surface area contributed by atoms with E-state index in [1.54, 1.807) is 0 Å². The third kappa shape index (κ3) is 2.58. The third-order valence-corrected chi connectivity index (χ3v) is 3.36. The summed E-state index contributed by atoms with van der Waals surface area (Å²) in [6, 6.07) is 8.22. The highest BCUT2D eigenvalue weighted by Gasteiger charge is 2.18. The normalized spacial score (nSPS) is 15.2. The van der Waals surface area contributed by atoms with Crippen LogP contribution in [0.2, 0.25) is 0 Å². The van der Waals surface area contributed by atoms with Gasteiger partial charge in [0, 0.05) is 18.0 Å².